The second-order valence-electron chi connectivity index (χ2n) is 4.88. The van der Waals surface area contributed by atoms with E-state index in [1.165, 1.54) is 6.07 Å². The third kappa shape index (κ3) is 3.44. The zero-order valence-corrected chi connectivity index (χ0v) is 12.4. The maximum Gasteiger partial charge on any atom is 0.312 e. The Kier molecular flexibility index (Phi) is 4.53. The van der Waals surface area contributed by atoms with Crippen LogP contribution in [0.15, 0.2) is 16.7 Å². The normalized spacial score (nSPS) is 18.9. The zero-order chi connectivity index (χ0) is 14.7. The summed E-state index contributed by atoms with van der Waals surface area (Å²) < 4.78 is 0.568. The number of carbonyl (C=O) groups excluding carboxylic acids is 1. The molecular weight excluding hydrogens is 328 g/mol. The first kappa shape index (κ1) is 14.7. The van der Waals surface area contributed by atoms with E-state index in [0.29, 0.717) is 29.8 Å². The van der Waals surface area contributed by atoms with E-state index >= 15 is 0 Å². The van der Waals surface area contributed by atoms with Crippen molar-refractivity contribution in [1.29, 1.82) is 0 Å². The summed E-state index contributed by atoms with van der Waals surface area (Å²) in [5.41, 5.74) is 5.19. The summed E-state index contributed by atoms with van der Waals surface area (Å²) >= 11 is 3.19. The van der Waals surface area contributed by atoms with Gasteiger partial charge in [-0.3, -0.25) is 14.9 Å². The first-order chi connectivity index (χ1) is 9.47. The minimum absolute atomic E-state index is 0.0286. The molecule has 1 amide bonds. The van der Waals surface area contributed by atoms with Crippen LogP contribution in [0.4, 0.5) is 11.5 Å². The van der Waals surface area contributed by atoms with Crippen molar-refractivity contribution < 1.29 is 9.72 Å². The van der Waals surface area contributed by atoms with Gasteiger partial charge in [0.05, 0.1) is 4.92 Å². The molecule has 8 heteroatoms. The van der Waals surface area contributed by atoms with Crippen molar-refractivity contribution in [2.45, 2.75) is 19.3 Å². The molecule has 0 radical (unpaired) electrons. The summed E-state index contributed by atoms with van der Waals surface area (Å²) in [7, 11) is 0. The summed E-state index contributed by atoms with van der Waals surface area (Å²) in [6.45, 7) is 1.27. The maximum absolute atomic E-state index is 11.1. The second kappa shape index (κ2) is 6.17. The topological polar surface area (TPSA) is 102 Å². The summed E-state index contributed by atoms with van der Waals surface area (Å²) in [5, 5.41) is 11.1. The molecule has 2 heterocycles. The Hall–Kier alpha value is -1.70. The van der Waals surface area contributed by atoms with Gasteiger partial charge in [0.25, 0.3) is 0 Å². The van der Waals surface area contributed by atoms with Gasteiger partial charge in [0.2, 0.25) is 11.7 Å². The Morgan fingerprint density at radius 2 is 2.40 bits per heavy atom. The fraction of sp³-hybridized carbons (Fsp3) is 0.500. The van der Waals surface area contributed by atoms with E-state index in [1.54, 1.807) is 6.20 Å². The Morgan fingerprint density at radius 3 is 3.05 bits per heavy atom. The molecule has 1 saturated heterocycles. The van der Waals surface area contributed by atoms with Crippen molar-refractivity contribution in [2.24, 2.45) is 11.7 Å². The number of aromatic nitrogens is 1. The predicted molar refractivity (Wildman–Crippen MR) is 77.3 cm³/mol. The third-order valence-electron chi connectivity index (χ3n) is 3.32. The van der Waals surface area contributed by atoms with Crippen molar-refractivity contribution in [3.8, 4) is 0 Å². The molecule has 7 nitrogen and oxygen atoms in total. The fourth-order valence-corrected chi connectivity index (χ4v) is 2.83. The number of anilines is 1. The minimum Gasteiger partial charge on any atom is -0.370 e. The van der Waals surface area contributed by atoms with Crippen LogP contribution in [0.3, 0.4) is 0 Å². The molecule has 1 aliphatic rings. The van der Waals surface area contributed by atoms with Crippen LogP contribution in [-0.2, 0) is 4.79 Å². The molecule has 1 aromatic heterocycles. The number of rotatable bonds is 4. The van der Waals surface area contributed by atoms with Crippen molar-refractivity contribution >= 4 is 33.3 Å². The first-order valence-corrected chi connectivity index (χ1v) is 7.10. The van der Waals surface area contributed by atoms with E-state index < -0.39 is 4.92 Å². The van der Waals surface area contributed by atoms with Crippen LogP contribution in [0, 0.1) is 16.0 Å². The molecule has 0 saturated carbocycles. The van der Waals surface area contributed by atoms with E-state index in [2.05, 4.69) is 20.9 Å². The van der Waals surface area contributed by atoms with Gasteiger partial charge in [0.1, 0.15) is 0 Å². The van der Waals surface area contributed by atoms with Gasteiger partial charge in [-0.05, 0) is 34.7 Å². The van der Waals surface area contributed by atoms with Crippen LogP contribution in [0.1, 0.15) is 19.3 Å². The molecule has 1 aliphatic heterocycles. The van der Waals surface area contributed by atoms with Crippen LogP contribution in [0.25, 0.3) is 0 Å². The van der Waals surface area contributed by atoms with E-state index in [-0.39, 0.29) is 17.5 Å². The summed E-state index contributed by atoms with van der Waals surface area (Å²) in [6, 6.07) is 1.44. The highest BCUT2D eigenvalue weighted by Crippen LogP contribution is 2.32. The van der Waals surface area contributed by atoms with Crippen molar-refractivity contribution in [3.05, 3.63) is 26.9 Å². The predicted octanol–water partition coefficient (Wildman–Crippen LogP) is 1.84. The summed E-state index contributed by atoms with van der Waals surface area (Å²) in [6.07, 6.45) is 3.62. The van der Waals surface area contributed by atoms with E-state index in [9.17, 15) is 14.9 Å². The number of hydrogen-bond donors (Lipinski definition) is 1. The number of nitrogens with zero attached hydrogens (tertiary/aromatic N) is 3. The lowest BCUT2D eigenvalue weighted by atomic mass is 9.94. The van der Waals surface area contributed by atoms with E-state index in [0.717, 1.165) is 12.8 Å². The van der Waals surface area contributed by atoms with E-state index in [1.807, 2.05) is 4.90 Å². The number of carbonyl (C=O) groups is 1. The standard InChI is InChI=1S/C12H15BrN4O3/c13-9-5-10(17(19)20)12(15-6-9)16-3-1-2-8(7-16)4-11(14)18/h5-6,8H,1-4,7H2,(H2,14,18). The third-order valence-corrected chi connectivity index (χ3v) is 3.75. The van der Waals surface area contributed by atoms with Gasteiger partial charge in [-0.1, -0.05) is 0 Å². The van der Waals surface area contributed by atoms with Gasteiger partial charge in [-0.15, -0.1) is 0 Å². The minimum atomic E-state index is -0.440. The molecular formula is C12H15BrN4O3. The molecule has 2 rings (SSSR count). The van der Waals surface area contributed by atoms with Gasteiger partial charge in [-0.2, -0.15) is 0 Å². The molecule has 0 spiro atoms. The van der Waals surface area contributed by atoms with Crippen molar-refractivity contribution in [2.75, 3.05) is 18.0 Å². The zero-order valence-electron chi connectivity index (χ0n) is 10.8. The Bertz CT molecular complexity index is 537. The molecule has 108 valence electrons. The number of nitrogens with two attached hydrogens (primary N) is 1. The molecule has 0 aliphatic carbocycles. The van der Waals surface area contributed by atoms with Crippen molar-refractivity contribution in [3.63, 3.8) is 0 Å². The molecule has 0 aromatic carbocycles. The number of piperidine rings is 1. The number of halogens is 1. The quantitative estimate of drug-likeness (QED) is 0.664. The van der Waals surface area contributed by atoms with Crippen LogP contribution in [-0.4, -0.2) is 28.9 Å². The average Bonchev–Trinajstić information content (AvgIpc) is 2.38. The number of nitro groups is 1. The highest BCUT2D eigenvalue weighted by atomic mass is 79.9. The SMILES string of the molecule is NC(=O)CC1CCCN(c2ncc(Br)cc2[N+](=O)[O-])C1. The molecule has 1 aromatic rings. The molecule has 1 fully saturated rings. The number of hydrogen-bond acceptors (Lipinski definition) is 5. The van der Waals surface area contributed by atoms with Gasteiger partial charge >= 0.3 is 5.69 Å². The van der Waals surface area contributed by atoms with Gasteiger partial charge < -0.3 is 10.6 Å². The molecule has 20 heavy (non-hydrogen) atoms. The maximum atomic E-state index is 11.1. The molecule has 2 N–H and O–H groups in total. The van der Waals surface area contributed by atoms with Crippen LogP contribution in [0.5, 0.6) is 0 Å². The largest absolute Gasteiger partial charge is 0.370 e. The lowest BCUT2D eigenvalue weighted by Crippen LogP contribution is -2.37. The molecule has 0 bridgehead atoms. The Labute approximate surface area is 124 Å². The first-order valence-electron chi connectivity index (χ1n) is 6.30. The summed E-state index contributed by atoms with van der Waals surface area (Å²) in [4.78, 5) is 27.7. The van der Waals surface area contributed by atoms with Crippen molar-refractivity contribution in [1.82, 2.24) is 4.98 Å². The summed E-state index contributed by atoms with van der Waals surface area (Å²) in [5.74, 6) is 0.147. The molecule has 1 unspecified atom stereocenters. The van der Waals surface area contributed by atoms with Crippen LogP contribution < -0.4 is 10.6 Å². The number of primary amides is 1. The van der Waals surface area contributed by atoms with Crippen LogP contribution in [0.2, 0.25) is 0 Å². The lowest BCUT2D eigenvalue weighted by Gasteiger charge is -2.32. The monoisotopic (exact) mass is 342 g/mol. The number of pyridine rings is 1. The van der Waals surface area contributed by atoms with E-state index in [4.69, 9.17) is 5.73 Å². The average molecular weight is 343 g/mol. The smallest absolute Gasteiger partial charge is 0.312 e. The Morgan fingerprint density at radius 1 is 1.65 bits per heavy atom. The highest BCUT2D eigenvalue weighted by Gasteiger charge is 2.27. The Balaban J connectivity index is 2.22. The fourth-order valence-electron chi connectivity index (χ4n) is 2.51. The number of amides is 1. The molecule has 1 atom stereocenters. The van der Waals surface area contributed by atoms with Gasteiger partial charge in [0, 0.05) is 36.2 Å². The van der Waals surface area contributed by atoms with Gasteiger partial charge in [0.15, 0.2) is 0 Å². The highest BCUT2D eigenvalue weighted by molar-refractivity contribution is 9.10. The lowest BCUT2D eigenvalue weighted by molar-refractivity contribution is -0.384. The van der Waals surface area contributed by atoms with Crippen LogP contribution >= 0.6 is 15.9 Å². The second-order valence-corrected chi connectivity index (χ2v) is 5.79. The van der Waals surface area contributed by atoms with Gasteiger partial charge in [-0.25, -0.2) is 4.98 Å².